The van der Waals surface area contributed by atoms with Crippen molar-refractivity contribution in [2.75, 3.05) is 13.2 Å². The SMILES string of the molecule is CC(C)CCC[C@@H](C)CCC[C@@H](C)CCOC1CCCCO1. The summed E-state index contributed by atoms with van der Waals surface area (Å²) in [6.07, 6.45) is 13.1. The molecule has 1 unspecified atom stereocenters. The van der Waals surface area contributed by atoms with Crippen molar-refractivity contribution >= 4 is 0 Å². The fraction of sp³-hybridized carbons (Fsp3) is 1.00. The molecule has 2 nitrogen and oxygen atoms in total. The van der Waals surface area contributed by atoms with E-state index in [9.17, 15) is 0 Å². The number of ether oxygens (including phenoxy) is 2. The van der Waals surface area contributed by atoms with Gasteiger partial charge in [0.05, 0.1) is 0 Å². The Labute approximate surface area is 139 Å². The van der Waals surface area contributed by atoms with Crippen LogP contribution in [-0.2, 0) is 9.47 Å². The summed E-state index contributed by atoms with van der Waals surface area (Å²) < 4.78 is 11.4. The monoisotopic (exact) mass is 312 g/mol. The molecule has 0 bridgehead atoms. The van der Waals surface area contributed by atoms with Crippen molar-refractivity contribution in [2.45, 2.75) is 98.2 Å². The van der Waals surface area contributed by atoms with Gasteiger partial charge in [-0.2, -0.15) is 0 Å². The average molecular weight is 313 g/mol. The van der Waals surface area contributed by atoms with E-state index in [1.54, 1.807) is 0 Å². The molecule has 1 aliphatic heterocycles. The van der Waals surface area contributed by atoms with Gasteiger partial charge in [0, 0.05) is 13.2 Å². The molecule has 0 aromatic carbocycles. The summed E-state index contributed by atoms with van der Waals surface area (Å²) in [4.78, 5) is 0. The van der Waals surface area contributed by atoms with Crippen molar-refractivity contribution in [1.82, 2.24) is 0 Å². The first kappa shape index (κ1) is 20.0. The van der Waals surface area contributed by atoms with Crippen molar-refractivity contribution < 1.29 is 9.47 Å². The molecule has 0 amide bonds. The van der Waals surface area contributed by atoms with Crippen molar-refractivity contribution in [3.05, 3.63) is 0 Å². The summed E-state index contributed by atoms with van der Waals surface area (Å²) in [5, 5.41) is 0. The minimum atomic E-state index is 0.0851. The maximum Gasteiger partial charge on any atom is 0.157 e. The Kier molecular flexibility index (Phi) is 11.2. The molecule has 0 aliphatic carbocycles. The molecule has 0 aromatic rings. The first-order valence-corrected chi connectivity index (χ1v) is 9.81. The predicted octanol–water partition coefficient (Wildman–Crippen LogP) is 6.19. The average Bonchev–Trinajstić information content (AvgIpc) is 2.48. The number of hydrogen-bond acceptors (Lipinski definition) is 2. The highest BCUT2D eigenvalue weighted by atomic mass is 16.7. The van der Waals surface area contributed by atoms with Gasteiger partial charge in [-0.3, -0.25) is 0 Å². The van der Waals surface area contributed by atoms with E-state index in [-0.39, 0.29) is 6.29 Å². The molecular formula is C20H40O2. The molecule has 3 atom stereocenters. The molecule has 0 saturated carbocycles. The third kappa shape index (κ3) is 10.6. The Hall–Kier alpha value is -0.0800. The second-order valence-electron chi connectivity index (χ2n) is 7.92. The summed E-state index contributed by atoms with van der Waals surface area (Å²) in [6, 6.07) is 0. The van der Waals surface area contributed by atoms with E-state index in [1.165, 1.54) is 57.8 Å². The zero-order chi connectivity index (χ0) is 16.2. The zero-order valence-electron chi connectivity index (χ0n) is 15.6. The third-order valence-electron chi connectivity index (χ3n) is 4.92. The maximum absolute atomic E-state index is 5.83. The van der Waals surface area contributed by atoms with Gasteiger partial charge in [0.1, 0.15) is 0 Å². The smallest absolute Gasteiger partial charge is 0.157 e. The van der Waals surface area contributed by atoms with Gasteiger partial charge in [0.25, 0.3) is 0 Å². The van der Waals surface area contributed by atoms with Crippen LogP contribution in [-0.4, -0.2) is 19.5 Å². The fourth-order valence-electron chi connectivity index (χ4n) is 3.22. The second kappa shape index (κ2) is 12.4. The summed E-state index contributed by atoms with van der Waals surface area (Å²) in [5.74, 6) is 2.55. The lowest BCUT2D eigenvalue weighted by Crippen LogP contribution is -2.23. The second-order valence-corrected chi connectivity index (χ2v) is 7.92. The molecule has 22 heavy (non-hydrogen) atoms. The van der Waals surface area contributed by atoms with E-state index >= 15 is 0 Å². The minimum absolute atomic E-state index is 0.0851. The molecule has 0 spiro atoms. The standard InChI is InChI=1S/C20H40O2/c1-17(2)9-7-10-18(3)11-8-12-19(4)14-16-22-20-13-5-6-15-21-20/h17-20H,5-16H2,1-4H3/t18-,19-,20?/m1/s1. The van der Waals surface area contributed by atoms with Gasteiger partial charge in [-0.25, -0.2) is 0 Å². The molecule has 132 valence electrons. The Balaban J connectivity index is 1.92. The Morgan fingerprint density at radius 3 is 2.09 bits per heavy atom. The maximum atomic E-state index is 5.83. The molecule has 1 heterocycles. The molecule has 1 rings (SSSR count). The molecule has 1 aliphatic rings. The van der Waals surface area contributed by atoms with Crippen LogP contribution in [0.1, 0.15) is 91.9 Å². The van der Waals surface area contributed by atoms with E-state index in [1.807, 2.05) is 0 Å². The van der Waals surface area contributed by atoms with Gasteiger partial charge in [-0.05, 0) is 43.4 Å². The first-order valence-electron chi connectivity index (χ1n) is 9.81. The van der Waals surface area contributed by atoms with Crippen LogP contribution in [0.25, 0.3) is 0 Å². The zero-order valence-corrected chi connectivity index (χ0v) is 15.6. The Morgan fingerprint density at radius 1 is 0.864 bits per heavy atom. The lowest BCUT2D eigenvalue weighted by atomic mass is 9.93. The molecule has 2 heteroatoms. The van der Waals surface area contributed by atoms with E-state index < -0.39 is 0 Å². The van der Waals surface area contributed by atoms with Crippen LogP contribution in [0, 0.1) is 17.8 Å². The van der Waals surface area contributed by atoms with Crippen LogP contribution in [0.15, 0.2) is 0 Å². The highest BCUT2D eigenvalue weighted by molar-refractivity contribution is 4.60. The van der Waals surface area contributed by atoms with Gasteiger partial charge in [0.2, 0.25) is 0 Å². The van der Waals surface area contributed by atoms with Gasteiger partial charge >= 0.3 is 0 Å². The largest absolute Gasteiger partial charge is 0.353 e. The minimum Gasteiger partial charge on any atom is -0.353 e. The molecule has 0 radical (unpaired) electrons. The van der Waals surface area contributed by atoms with E-state index in [2.05, 4.69) is 27.7 Å². The van der Waals surface area contributed by atoms with Gasteiger partial charge in [0.15, 0.2) is 6.29 Å². The van der Waals surface area contributed by atoms with Crippen LogP contribution in [0.4, 0.5) is 0 Å². The first-order chi connectivity index (χ1) is 10.6. The Morgan fingerprint density at radius 2 is 1.50 bits per heavy atom. The lowest BCUT2D eigenvalue weighted by Gasteiger charge is -2.23. The van der Waals surface area contributed by atoms with Crippen LogP contribution in [0.2, 0.25) is 0 Å². The van der Waals surface area contributed by atoms with Crippen molar-refractivity contribution in [3.8, 4) is 0 Å². The van der Waals surface area contributed by atoms with Crippen LogP contribution < -0.4 is 0 Å². The quantitative estimate of drug-likeness (QED) is 0.428. The van der Waals surface area contributed by atoms with Crippen molar-refractivity contribution in [2.24, 2.45) is 17.8 Å². The Bertz CT molecular complexity index is 246. The number of hydrogen-bond donors (Lipinski definition) is 0. The van der Waals surface area contributed by atoms with Crippen LogP contribution >= 0.6 is 0 Å². The molecule has 1 fully saturated rings. The summed E-state index contributed by atoms with van der Waals surface area (Å²) in [7, 11) is 0. The van der Waals surface area contributed by atoms with Gasteiger partial charge in [-0.1, -0.05) is 66.2 Å². The van der Waals surface area contributed by atoms with Crippen LogP contribution in [0.5, 0.6) is 0 Å². The molecule has 0 aromatic heterocycles. The molecule has 0 N–H and O–H groups in total. The molecular weight excluding hydrogens is 272 g/mol. The molecule has 1 saturated heterocycles. The summed E-state index contributed by atoms with van der Waals surface area (Å²) in [5.41, 5.74) is 0. The van der Waals surface area contributed by atoms with E-state index in [4.69, 9.17) is 9.47 Å². The normalized spacial score (nSPS) is 22.0. The van der Waals surface area contributed by atoms with Crippen molar-refractivity contribution in [1.29, 1.82) is 0 Å². The van der Waals surface area contributed by atoms with E-state index in [0.29, 0.717) is 0 Å². The predicted molar refractivity (Wildman–Crippen MR) is 95.0 cm³/mol. The number of rotatable bonds is 12. The van der Waals surface area contributed by atoms with Gasteiger partial charge < -0.3 is 9.47 Å². The van der Waals surface area contributed by atoms with E-state index in [0.717, 1.165) is 37.4 Å². The fourth-order valence-corrected chi connectivity index (χ4v) is 3.22. The van der Waals surface area contributed by atoms with Crippen LogP contribution in [0.3, 0.4) is 0 Å². The lowest BCUT2D eigenvalue weighted by molar-refractivity contribution is -0.164. The summed E-state index contributed by atoms with van der Waals surface area (Å²) >= 11 is 0. The van der Waals surface area contributed by atoms with Crippen molar-refractivity contribution in [3.63, 3.8) is 0 Å². The van der Waals surface area contributed by atoms with Gasteiger partial charge in [-0.15, -0.1) is 0 Å². The highest BCUT2D eigenvalue weighted by Crippen LogP contribution is 2.21. The highest BCUT2D eigenvalue weighted by Gasteiger charge is 2.14. The third-order valence-corrected chi connectivity index (χ3v) is 4.92. The topological polar surface area (TPSA) is 18.5 Å². The summed E-state index contributed by atoms with van der Waals surface area (Å²) in [6.45, 7) is 11.2.